The molecule has 0 radical (unpaired) electrons. The molecule has 2 aromatic heterocycles. The molecule has 0 fully saturated rings. The number of rotatable bonds is 7. The first-order chi connectivity index (χ1) is 12.0. The van der Waals surface area contributed by atoms with Gasteiger partial charge in [-0.3, -0.25) is 9.59 Å². The average Bonchev–Trinajstić information content (AvgIpc) is 3.31. The molecule has 2 N–H and O–H groups in total. The average molecular weight is 361 g/mol. The lowest BCUT2D eigenvalue weighted by atomic mass is 10.00. The second-order valence-electron chi connectivity index (χ2n) is 6.30. The molecule has 1 aliphatic heterocycles. The Labute approximate surface area is 150 Å². The number of aliphatic hydroxyl groups is 1. The summed E-state index contributed by atoms with van der Waals surface area (Å²) < 4.78 is 5.48. The van der Waals surface area contributed by atoms with Gasteiger partial charge in [0.1, 0.15) is 11.8 Å². The van der Waals surface area contributed by atoms with Crippen LogP contribution in [0.3, 0.4) is 0 Å². The van der Waals surface area contributed by atoms with Gasteiger partial charge in [0.25, 0.3) is 5.91 Å². The Balaban J connectivity index is 1.94. The molecular weight excluding hydrogens is 340 g/mol. The quantitative estimate of drug-likeness (QED) is 0.732. The van der Waals surface area contributed by atoms with Gasteiger partial charge in [0.2, 0.25) is 5.78 Å². The van der Waals surface area contributed by atoms with E-state index in [9.17, 15) is 14.7 Å². The molecule has 3 heterocycles. The standard InChI is InChI=1S/C18H20N2O4S/c1-19(2)8-5-9-20-15(12-6-3-10-24-12)14(17(22)18(20)23)16(21)13-7-4-11-25-13/h3-4,6-7,10-11,15,22H,5,8-9H2,1-2H3/p+1/t15-/m1/s1. The fraction of sp³-hybridized carbons (Fsp3) is 0.333. The third-order valence-corrected chi connectivity index (χ3v) is 5.05. The van der Waals surface area contributed by atoms with Crippen molar-refractivity contribution in [2.45, 2.75) is 12.5 Å². The molecule has 0 bridgehead atoms. The summed E-state index contributed by atoms with van der Waals surface area (Å²) in [4.78, 5) is 28.7. The minimum atomic E-state index is -0.686. The van der Waals surface area contributed by atoms with E-state index in [4.69, 9.17) is 4.42 Å². The first-order valence-corrected chi connectivity index (χ1v) is 9.03. The van der Waals surface area contributed by atoms with Gasteiger partial charge in [-0.25, -0.2) is 0 Å². The summed E-state index contributed by atoms with van der Waals surface area (Å²) in [7, 11) is 4.08. The van der Waals surface area contributed by atoms with Crippen LogP contribution in [0.1, 0.15) is 27.9 Å². The minimum absolute atomic E-state index is 0.0969. The number of carbonyl (C=O) groups excluding carboxylic acids is 2. The highest BCUT2D eigenvalue weighted by atomic mass is 32.1. The highest BCUT2D eigenvalue weighted by Crippen LogP contribution is 2.39. The molecule has 0 spiro atoms. The zero-order valence-electron chi connectivity index (χ0n) is 14.2. The molecule has 25 heavy (non-hydrogen) atoms. The number of quaternary nitrogens is 1. The Morgan fingerprint density at radius 3 is 2.76 bits per heavy atom. The molecule has 1 aliphatic rings. The maximum Gasteiger partial charge on any atom is 0.290 e. The molecule has 3 rings (SSSR count). The van der Waals surface area contributed by atoms with E-state index in [0.717, 1.165) is 13.0 Å². The molecule has 0 saturated heterocycles. The van der Waals surface area contributed by atoms with Crippen molar-refractivity contribution in [2.75, 3.05) is 27.2 Å². The number of furan rings is 1. The smallest absolute Gasteiger partial charge is 0.290 e. The van der Waals surface area contributed by atoms with Crippen molar-refractivity contribution < 1.29 is 24.0 Å². The van der Waals surface area contributed by atoms with E-state index in [2.05, 4.69) is 0 Å². The van der Waals surface area contributed by atoms with Crippen LogP contribution in [0.15, 0.2) is 51.7 Å². The van der Waals surface area contributed by atoms with Crippen LogP contribution in [-0.4, -0.2) is 48.9 Å². The SMILES string of the molecule is C[NH+](C)CCCN1C(=O)C(O)=C(C(=O)c2cccs2)[C@H]1c1ccco1. The van der Waals surface area contributed by atoms with E-state index in [1.54, 1.807) is 29.6 Å². The maximum absolute atomic E-state index is 12.9. The zero-order valence-corrected chi connectivity index (χ0v) is 15.0. The predicted molar refractivity (Wildman–Crippen MR) is 93.8 cm³/mol. The fourth-order valence-electron chi connectivity index (χ4n) is 3.00. The van der Waals surface area contributed by atoms with E-state index < -0.39 is 17.7 Å². The third-order valence-electron chi connectivity index (χ3n) is 4.18. The lowest BCUT2D eigenvalue weighted by molar-refractivity contribution is -0.858. The second-order valence-corrected chi connectivity index (χ2v) is 7.24. The van der Waals surface area contributed by atoms with Gasteiger partial charge in [-0.15, -0.1) is 11.3 Å². The molecule has 0 unspecified atom stereocenters. The van der Waals surface area contributed by atoms with Crippen molar-refractivity contribution in [2.24, 2.45) is 0 Å². The van der Waals surface area contributed by atoms with Crippen LogP contribution in [0.2, 0.25) is 0 Å². The molecule has 1 atom stereocenters. The number of nitrogens with one attached hydrogen (secondary N) is 1. The largest absolute Gasteiger partial charge is 0.503 e. The predicted octanol–water partition coefficient (Wildman–Crippen LogP) is 1.45. The summed E-state index contributed by atoms with van der Waals surface area (Å²) in [6.07, 6.45) is 2.27. The number of thiophene rings is 1. The van der Waals surface area contributed by atoms with Gasteiger partial charge in [-0.2, -0.15) is 0 Å². The van der Waals surface area contributed by atoms with Crippen LogP contribution in [-0.2, 0) is 4.79 Å². The lowest BCUT2D eigenvalue weighted by Gasteiger charge is -2.24. The van der Waals surface area contributed by atoms with Crippen LogP contribution in [0.25, 0.3) is 0 Å². The number of nitrogens with zero attached hydrogens (tertiary/aromatic N) is 1. The monoisotopic (exact) mass is 361 g/mol. The summed E-state index contributed by atoms with van der Waals surface area (Å²) >= 11 is 1.28. The number of amides is 1. The lowest BCUT2D eigenvalue weighted by Crippen LogP contribution is -3.05. The van der Waals surface area contributed by atoms with Crippen LogP contribution in [0.4, 0.5) is 0 Å². The van der Waals surface area contributed by atoms with Gasteiger partial charge in [-0.1, -0.05) is 6.07 Å². The fourth-order valence-corrected chi connectivity index (χ4v) is 3.68. The molecule has 0 aromatic carbocycles. The van der Waals surface area contributed by atoms with Gasteiger partial charge in [-0.05, 0) is 23.6 Å². The third kappa shape index (κ3) is 3.38. The molecule has 0 saturated carbocycles. The summed E-state index contributed by atoms with van der Waals surface area (Å²) in [6, 6.07) is 6.21. The number of Topliss-reactive ketones (excluding diaryl/α,β-unsaturated/α-hetero) is 1. The number of hydrogen-bond acceptors (Lipinski definition) is 5. The first-order valence-electron chi connectivity index (χ1n) is 8.15. The van der Waals surface area contributed by atoms with Crippen LogP contribution >= 0.6 is 11.3 Å². The van der Waals surface area contributed by atoms with E-state index in [1.165, 1.54) is 27.4 Å². The Kier molecular flexibility index (Phi) is 5.06. The highest BCUT2D eigenvalue weighted by Gasteiger charge is 2.45. The molecular formula is C18H21N2O4S+. The Hall–Kier alpha value is -2.38. The van der Waals surface area contributed by atoms with Gasteiger partial charge < -0.3 is 19.3 Å². The van der Waals surface area contributed by atoms with Crippen molar-refractivity contribution in [1.29, 1.82) is 0 Å². The Morgan fingerprint density at radius 1 is 1.36 bits per heavy atom. The summed E-state index contributed by atoms with van der Waals surface area (Å²) in [5, 5.41) is 12.2. The maximum atomic E-state index is 12.9. The van der Waals surface area contributed by atoms with Crippen LogP contribution in [0.5, 0.6) is 0 Å². The van der Waals surface area contributed by atoms with Gasteiger partial charge in [0, 0.05) is 13.0 Å². The second kappa shape index (κ2) is 7.25. The number of ketones is 1. The number of aliphatic hydroxyl groups excluding tert-OH is 1. The molecule has 2 aromatic rings. The van der Waals surface area contributed by atoms with Crippen LogP contribution in [0, 0.1) is 0 Å². The van der Waals surface area contributed by atoms with Crippen molar-refractivity contribution in [1.82, 2.24) is 4.90 Å². The van der Waals surface area contributed by atoms with E-state index in [-0.39, 0.29) is 11.4 Å². The van der Waals surface area contributed by atoms with Crippen LogP contribution < -0.4 is 4.90 Å². The zero-order chi connectivity index (χ0) is 18.0. The van der Waals surface area contributed by atoms with E-state index >= 15 is 0 Å². The Morgan fingerprint density at radius 2 is 2.16 bits per heavy atom. The van der Waals surface area contributed by atoms with Crippen molar-refractivity contribution in [3.05, 3.63) is 57.9 Å². The van der Waals surface area contributed by atoms with Crippen molar-refractivity contribution in [3.8, 4) is 0 Å². The number of hydrogen-bond donors (Lipinski definition) is 2. The summed E-state index contributed by atoms with van der Waals surface area (Å²) in [6.45, 7) is 1.32. The van der Waals surface area contributed by atoms with E-state index in [1.807, 2.05) is 14.1 Å². The summed E-state index contributed by atoms with van der Waals surface area (Å²) in [5.74, 6) is -0.843. The van der Waals surface area contributed by atoms with Gasteiger partial charge in [0.15, 0.2) is 5.76 Å². The first kappa shape index (κ1) is 17.4. The minimum Gasteiger partial charge on any atom is -0.503 e. The summed E-state index contributed by atoms with van der Waals surface area (Å²) in [5.41, 5.74) is 0.0969. The van der Waals surface area contributed by atoms with Crippen molar-refractivity contribution in [3.63, 3.8) is 0 Å². The van der Waals surface area contributed by atoms with E-state index in [0.29, 0.717) is 17.2 Å². The number of carbonyl (C=O) groups is 2. The topological polar surface area (TPSA) is 75.2 Å². The molecule has 0 aliphatic carbocycles. The molecule has 6 nitrogen and oxygen atoms in total. The Bertz CT molecular complexity index is 778. The van der Waals surface area contributed by atoms with Gasteiger partial charge >= 0.3 is 0 Å². The van der Waals surface area contributed by atoms with Gasteiger partial charge in [0.05, 0.1) is 37.4 Å². The highest BCUT2D eigenvalue weighted by molar-refractivity contribution is 7.12. The molecule has 1 amide bonds. The molecule has 132 valence electrons. The van der Waals surface area contributed by atoms with Crippen molar-refractivity contribution >= 4 is 23.0 Å². The normalized spacial score (nSPS) is 17.8. The molecule has 7 heteroatoms.